The number of ether oxygens (including phenoxy) is 4. The van der Waals surface area contributed by atoms with Gasteiger partial charge in [0.05, 0.1) is 39.6 Å². The van der Waals surface area contributed by atoms with Crippen LogP contribution < -0.4 is 0 Å². The molecular formula is C31H52O12. The largest absolute Gasteiger partial charge is 0.394 e. The van der Waals surface area contributed by atoms with Crippen LogP contribution in [-0.4, -0.2) is 129 Å². The standard InChI is InChI=1S/C31H52O12/c1-18-7-11-30(16-41-27-25(37)24(36)23(35)21(14-33)43-27)19(2)5-4-6-22(30)29(18,3)10-8-20(13-32)9-12-40-28-26(38)31(39,15-34)17-42-28/h5,9,18,21-28,32-39H,4,6-8,10-17H2,1-3H3/b20-9-/t18-,21-,22-,23-,24+,25-,26+,27-,28-,29+,30-,31-/m1/s1. The quantitative estimate of drug-likeness (QED) is 0.134. The van der Waals surface area contributed by atoms with Gasteiger partial charge in [-0.1, -0.05) is 31.6 Å². The maximum atomic E-state index is 10.6. The molecule has 3 fully saturated rings. The summed E-state index contributed by atoms with van der Waals surface area (Å²) in [6.07, 6.45) is 0.0615. The first-order valence-electron chi connectivity index (χ1n) is 15.5. The fourth-order valence-electron chi connectivity index (χ4n) is 7.71. The van der Waals surface area contributed by atoms with Crippen molar-refractivity contribution in [3.63, 3.8) is 0 Å². The van der Waals surface area contributed by atoms with Crippen molar-refractivity contribution in [2.45, 2.75) is 108 Å². The second kappa shape index (κ2) is 14.2. The second-order valence-electron chi connectivity index (χ2n) is 13.4. The number of hydrogen-bond donors (Lipinski definition) is 8. The summed E-state index contributed by atoms with van der Waals surface area (Å²) in [6.45, 7) is 5.45. The van der Waals surface area contributed by atoms with Crippen LogP contribution in [0.25, 0.3) is 0 Å². The summed E-state index contributed by atoms with van der Waals surface area (Å²) >= 11 is 0. The lowest BCUT2D eigenvalue weighted by Crippen LogP contribution is -2.60. The van der Waals surface area contributed by atoms with Crippen LogP contribution in [0.5, 0.6) is 0 Å². The SMILES string of the molecule is CC1=CCC[C@H]2[C@@]1(CO[C@@H]1O[C@H](CO)[C@@H](O)[C@H](O)[C@H]1O)CC[C@@H](C)[C@]2(C)CC/C(=C/CO[C@@H]1OC[C@](O)(CO)[C@H]1O)CO. The monoisotopic (exact) mass is 616 g/mol. The lowest BCUT2D eigenvalue weighted by Gasteiger charge is -2.59. The molecule has 0 bridgehead atoms. The summed E-state index contributed by atoms with van der Waals surface area (Å²) in [4.78, 5) is 0. The van der Waals surface area contributed by atoms with Crippen LogP contribution in [0.15, 0.2) is 23.3 Å². The lowest BCUT2D eigenvalue weighted by atomic mass is 9.46. The van der Waals surface area contributed by atoms with Crippen molar-refractivity contribution >= 4 is 0 Å². The zero-order valence-corrected chi connectivity index (χ0v) is 25.5. The van der Waals surface area contributed by atoms with Crippen LogP contribution >= 0.6 is 0 Å². The molecule has 0 aromatic heterocycles. The first-order chi connectivity index (χ1) is 20.4. The van der Waals surface area contributed by atoms with E-state index < -0.39 is 61.9 Å². The van der Waals surface area contributed by atoms with Gasteiger partial charge in [-0.2, -0.15) is 0 Å². The van der Waals surface area contributed by atoms with Crippen molar-refractivity contribution in [2.24, 2.45) is 22.7 Å². The predicted molar refractivity (Wildman–Crippen MR) is 153 cm³/mol. The van der Waals surface area contributed by atoms with Crippen molar-refractivity contribution in [3.8, 4) is 0 Å². The molecule has 2 aliphatic heterocycles. The summed E-state index contributed by atoms with van der Waals surface area (Å²) in [5.74, 6) is 0.617. The van der Waals surface area contributed by atoms with E-state index in [0.29, 0.717) is 12.3 Å². The van der Waals surface area contributed by atoms with E-state index in [1.165, 1.54) is 5.57 Å². The molecule has 12 heteroatoms. The lowest BCUT2D eigenvalue weighted by molar-refractivity contribution is -0.308. The molecule has 4 aliphatic rings. The van der Waals surface area contributed by atoms with E-state index in [9.17, 15) is 40.9 Å². The molecule has 2 aliphatic carbocycles. The molecule has 4 rings (SSSR count). The number of aliphatic hydroxyl groups excluding tert-OH is 7. The first-order valence-corrected chi connectivity index (χ1v) is 15.5. The maximum Gasteiger partial charge on any atom is 0.186 e. The Morgan fingerprint density at radius 3 is 2.44 bits per heavy atom. The molecule has 0 aromatic rings. The van der Waals surface area contributed by atoms with Gasteiger partial charge >= 0.3 is 0 Å². The van der Waals surface area contributed by atoms with Crippen LogP contribution in [-0.2, 0) is 18.9 Å². The van der Waals surface area contributed by atoms with E-state index in [1.54, 1.807) is 6.08 Å². The van der Waals surface area contributed by atoms with E-state index in [4.69, 9.17) is 18.9 Å². The Morgan fingerprint density at radius 2 is 1.79 bits per heavy atom. The molecule has 0 radical (unpaired) electrons. The molecule has 2 heterocycles. The average molecular weight is 617 g/mol. The van der Waals surface area contributed by atoms with Crippen molar-refractivity contribution < 1.29 is 59.8 Å². The zero-order valence-electron chi connectivity index (χ0n) is 25.5. The van der Waals surface area contributed by atoms with E-state index in [1.807, 2.05) is 0 Å². The van der Waals surface area contributed by atoms with Crippen LogP contribution in [0.1, 0.15) is 59.3 Å². The van der Waals surface area contributed by atoms with Crippen LogP contribution in [0.2, 0.25) is 0 Å². The number of fused-ring (bicyclic) bond motifs is 1. The van der Waals surface area contributed by atoms with Gasteiger partial charge in [0.25, 0.3) is 0 Å². The summed E-state index contributed by atoms with van der Waals surface area (Å²) in [7, 11) is 0. The van der Waals surface area contributed by atoms with E-state index in [-0.39, 0.29) is 43.2 Å². The smallest absolute Gasteiger partial charge is 0.186 e. The molecule has 8 N–H and O–H groups in total. The Hall–Kier alpha value is -1.00. The predicted octanol–water partition coefficient (Wildman–Crippen LogP) is -0.262. The highest BCUT2D eigenvalue weighted by Crippen LogP contribution is 2.62. The Balaban J connectivity index is 1.44. The third-order valence-electron chi connectivity index (χ3n) is 11.1. The minimum Gasteiger partial charge on any atom is -0.394 e. The topological polar surface area (TPSA) is 199 Å². The van der Waals surface area contributed by atoms with E-state index in [2.05, 4.69) is 26.8 Å². The van der Waals surface area contributed by atoms with Gasteiger partial charge in [-0.3, -0.25) is 0 Å². The molecule has 0 aromatic carbocycles. The van der Waals surface area contributed by atoms with Gasteiger partial charge in [-0.05, 0) is 68.3 Å². The molecule has 248 valence electrons. The van der Waals surface area contributed by atoms with Crippen molar-refractivity contribution in [2.75, 3.05) is 39.6 Å². The van der Waals surface area contributed by atoms with Gasteiger partial charge < -0.3 is 59.8 Å². The second-order valence-corrected chi connectivity index (χ2v) is 13.4. The normalized spacial score (nSPS) is 45.6. The Bertz CT molecular complexity index is 988. The zero-order chi connectivity index (χ0) is 31.6. The Morgan fingerprint density at radius 1 is 1.05 bits per heavy atom. The molecule has 12 atom stereocenters. The molecule has 0 amide bonds. The molecule has 2 saturated heterocycles. The van der Waals surface area contributed by atoms with Gasteiger partial charge in [0, 0.05) is 5.41 Å². The number of aliphatic hydroxyl groups is 8. The Kier molecular flexibility index (Phi) is 11.5. The van der Waals surface area contributed by atoms with Gasteiger partial charge in [0.2, 0.25) is 0 Å². The first kappa shape index (κ1) is 34.9. The fourth-order valence-corrected chi connectivity index (χ4v) is 7.71. The molecule has 1 saturated carbocycles. The van der Waals surface area contributed by atoms with Crippen LogP contribution in [0.4, 0.5) is 0 Å². The highest BCUT2D eigenvalue weighted by molar-refractivity contribution is 5.23. The summed E-state index contributed by atoms with van der Waals surface area (Å²) in [5.41, 5.74) is -0.203. The number of hydrogen-bond acceptors (Lipinski definition) is 12. The van der Waals surface area contributed by atoms with Crippen LogP contribution in [0, 0.1) is 22.7 Å². The minimum absolute atomic E-state index is 0.0630. The molecule has 0 spiro atoms. The highest BCUT2D eigenvalue weighted by Gasteiger charge is 2.56. The highest BCUT2D eigenvalue weighted by atomic mass is 16.7. The summed E-state index contributed by atoms with van der Waals surface area (Å²) in [6, 6.07) is 0. The third kappa shape index (κ3) is 6.77. The van der Waals surface area contributed by atoms with Gasteiger partial charge in [0.15, 0.2) is 12.6 Å². The minimum atomic E-state index is -1.76. The average Bonchev–Trinajstić information content (AvgIpc) is 3.29. The van der Waals surface area contributed by atoms with Gasteiger partial charge in [-0.25, -0.2) is 0 Å². The maximum absolute atomic E-state index is 10.6. The van der Waals surface area contributed by atoms with E-state index in [0.717, 1.165) is 37.7 Å². The molecular weight excluding hydrogens is 564 g/mol. The molecule has 0 unspecified atom stereocenters. The number of allylic oxidation sites excluding steroid dienone is 1. The van der Waals surface area contributed by atoms with Crippen molar-refractivity contribution in [1.29, 1.82) is 0 Å². The molecule has 43 heavy (non-hydrogen) atoms. The van der Waals surface area contributed by atoms with Gasteiger partial charge in [-0.15, -0.1) is 0 Å². The summed E-state index contributed by atoms with van der Waals surface area (Å²) in [5, 5.41) is 80.4. The summed E-state index contributed by atoms with van der Waals surface area (Å²) < 4.78 is 22.7. The number of rotatable bonds is 12. The van der Waals surface area contributed by atoms with Gasteiger partial charge in [0.1, 0.15) is 36.1 Å². The molecule has 12 nitrogen and oxygen atoms in total. The van der Waals surface area contributed by atoms with Crippen molar-refractivity contribution in [3.05, 3.63) is 23.3 Å². The Labute approximate surface area is 253 Å². The van der Waals surface area contributed by atoms with Crippen molar-refractivity contribution in [1.82, 2.24) is 0 Å². The van der Waals surface area contributed by atoms with E-state index >= 15 is 0 Å². The third-order valence-corrected chi connectivity index (χ3v) is 11.1. The van der Waals surface area contributed by atoms with Crippen LogP contribution in [0.3, 0.4) is 0 Å². The fraction of sp³-hybridized carbons (Fsp3) is 0.871.